The van der Waals surface area contributed by atoms with E-state index >= 15 is 0 Å². The highest BCUT2D eigenvalue weighted by atomic mass is 16.6. The lowest BCUT2D eigenvalue weighted by molar-refractivity contribution is -0.143. The van der Waals surface area contributed by atoms with Crippen LogP contribution in [-0.2, 0) is 27.4 Å². The minimum atomic E-state index is -0.810. The smallest absolute Gasteiger partial charge is 0.435 e. The van der Waals surface area contributed by atoms with Crippen LogP contribution in [0.5, 0.6) is 0 Å². The normalized spacial score (nSPS) is 16.2. The maximum absolute atomic E-state index is 13.5. The number of likely N-dealkylation sites (N-methyl/N-ethyl adjacent to an activating group) is 1. The van der Waals surface area contributed by atoms with Crippen LogP contribution in [-0.4, -0.2) is 83.4 Å². The standard InChI is InChI=1S/C31H38N6O5/c1-31(2,3)42-30(40)37-25-20-36(29(39)26(41-5)21-9-7-6-8-10-21)19-24(25)27(33-37)32-28(38)22-11-13-23(14-12-22)35-17-15-34(4)16-18-35/h6-14,26H,15-20H2,1-5H3,(H,32,33,38)/t26-/m1/s1. The second-order valence-electron chi connectivity index (χ2n) is 11.7. The van der Waals surface area contributed by atoms with E-state index < -0.39 is 17.8 Å². The maximum Gasteiger partial charge on any atom is 0.435 e. The zero-order chi connectivity index (χ0) is 30.0. The third-order valence-electron chi connectivity index (χ3n) is 7.45. The second-order valence-corrected chi connectivity index (χ2v) is 11.7. The fourth-order valence-electron chi connectivity index (χ4n) is 5.19. The number of piperazine rings is 1. The number of ether oxygens (including phenoxy) is 2. The monoisotopic (exact) mass is 574 g/mol. The first-order valence-electron chi connectivity index (χ1n) is 14.1. The highest BCUT2D eigenvalue weighted by Gasteiger charge is 2.37. The molecular weight excluding hydrogens is 536 g/mol. The molecule has 3 heterocycles. The Labute approximate surface area is 246 Å². The quantitative estimate of drug-likeness (QED) is 0.472. The van der Waals surface area contributed by atoms with Gasteiger partial charge in [-0.1, -0.05) is 30.3 Å². The van der Waals surface area contributed by atoms with E-state index in [-0.39, 0.29) is 30.7 Å². The van der Waals surface area contributed by atoms with Crippen molar-refractivity contribution in [1.82, 2.24) is 19.6 Å². The number of nitrogens with zero attached hydrogens (tertiary/aromatic N) is 5. The molecule has 0 radical (unpaired) electrons. The Bertz CT molecular complexity index is 1440. The summed E-state index contributed by atoms with van der Waals surface area (Å²) in [6.07, 6.45) is -1.49. The van der Waals surface area contributed by atoms with Gasteiger partial charge in [0.2, 0.25) is 0 Å². The predicted octanol–water partition coefficient (Wildman–Crippen LogP) is 3.90. The first-order chi connectivity index (χ1) is 20.0. The van der Waals surface area contributed by atoms with Gasteiger partial charge in [-0.3, -0.25) is 9.59 Å². The first-order valence-corrected chi connectivity index (χ1v) is 14.1. The molecule has 222 valence electrons. The third-order valence-corrected chi connectivity index (χ3v) is 7.45. The maximum atomic E-state index is 13.5. The molecule has 0 bridgehead atoms. The molecular formula is C31H38N6O5. The van der Waals surface area contributed by atoms with Crippen molar-refractivity contribution in [3.63, 3.8) is 0 Å². The van der Waals surface area contributed by atoms with Crippen molar-refractivity contribution >= 4 is 29.4 Å². The number of aromatic nitrogens is 2. The highest BCUT2D eigenvalue weighted by molar-refractivity contribution is 6.04. The molecule has 0 unspecified atom stereocenters. The van der Waals surface area contributed by atoms with Crippen molar-refractivity contribution in [2.75, 3.05) is 50.6 Å². The van der Waals surface area contributed by atoms with Crippen LogP contribution >= 0.6 is 0 Å². The third kappa shape index (κ3) is 6.32. The number of nitrogens with one attached hydrogen (secondary N) is 1. The van der Waals surface area contributed by atoms with Gasteiger partial charge in [-0.2, -0.15) is 4.68 Å². The van der Waals surface area contributed by atoms with E-state index in [0.29, 0.717) is 16.8 Å². The topological polar surface area (TPSA) is 109 Å². The van der Waals surface area contributed by atoms with E-state index in [0.717, 1.165) is 42.1 Å². The average Bonchev–Trinajstić information content (AvgIpc) is 3.54. The van der Waals surface area contributed by atoms with Gasteiger partial charge in [0.15, 0.2) is 11.9 Å². The fourth-order valence-corrected chi connectivity index (χ4v) is 5.19. The van der Waals surface area contributed by atoms with E-state index in [1.165, 1.54) is 7.11 Å². The number of benzene rings is 2. The Morgan fingerprint density at radius 3 is 2.21 bits per heavy atom. The van der Waals surface area contributed by atoms with Crippen LogP contribution in [0.1, 0.15) is 54.1 Å². The van der Waals surface area contributed by atoms with Crippen LogP contribution in [0.3, 0.4) is 0 Å². The van der Waals surface area contributed by atoms with Crippen molar-refractivity contribution in [2.24, 2.45) is 0 Å². The molecule has 1 atom stereocenters. The van der Waals surface area contributed by atoms with E-state index in [1.54, 1.807) is 37.8 Å². The number of rotatable bonds is 6. The SMILES string of the molecule is CO[C@@H](C(=O)N1Cc2c(NC(=O)c3ccc(N4CCN(C)CC4)cc3)nn(C(=O)OC(C)(C)C)c2C1)c1ccccc1. The van der Waals surface area contributed by atoms with Crippen LogP contribution in [0, 0.1) is 0 Å². The molecule has 1 N–H and O–H groups in total. The average molecular weight is 575 g/mol. The van der Waals surface area contributed by atoms with Gasteiger partial charge in [-0.15, -0.1) is 5.10 Å². The van der Waals surface area contributed by atoms with E-state index in [2.05, 4.69) is 27.3 Å². The summed E-state index contributed by atoms with van der Waals surface area (Å²) in [5.41, 5.74) is 2.56. The summed E-state index contributed by atoms with van der Waals surface area (Å²) in [6.45, 7) is 9.41. The largest absolute Gasteiger partial charge is 0.442 e. The molecule has 1 saturated heterocycles. The lowest BCUT2D eigenvalue weighted by Crippen LogP contribution is -2.44. The number of anilines is 2. The van der Waals surface area contributed by atoms with Crippen molar-refractivity contribution in [2.45, 2.75) is 45.6 Å². The summed E-state index contributed by atoms with van der Waals surface area (Å²) in [5.74, 6) is -0.402. The van der Waals surface area contributed by atoms with Crippen LogP contribution < -0.4 is 10.2 Å². The van der Waals surface area contributed by atoms with Gasteiger partial charge in [0, 0.05) is 50.1 Å². The fraction of sp³-hybridized carbons (Fsp3) is 0.419. The molecule has 0 aliphatic carbocycles. The summed E-state index contributed by atoms with van der Waals surface area (Å²) in [4.78, 5) is 46.2. The summed E-state index contributed by atoms with van der Waals surface area (Å²) in [5, 5.41) is 7.29. The summed E-state index contributed by atoms with van der Waals surface area (Å²) < 4.78 is 12.3. The number of methoxy groups -OCH3 is 1. The Balaban J connectivity index is 1.37. The van der Waals surface area contributed by atoms with E-state index in [1.807, 2.05) is 42.5 Å². The predicted molar refractivity (Wildman–Crippen MR) is 158 cm³/mol. The van der Waals surface area contributed by atoms with Crippen LogP contribution in [0.15, 0.2) is 54.6 Å². The molecule has 11 nitrogen and oxygen atoms in total. The minimum absolute atomic E-state index is 0.114. The Kier molecular flexibility index (Phi) is 8.33. The summed E-state index contributed by atoms with van der Waals surface area (Å²) in [7, 11) is 3.60. The van der Waals surface area contributed by atoms with Crippen LogP contribution in [0.25, 0.3) is 0 Å². The number of amides is 2. The Morgan fingerprint density at radius 2 is 1.60 bits per heavy atom. The molecule has 1 fully saturated rings. The Morgan fingerprint density at radius 1 is 0.929 bits per heavy atom. The second kappa shape index (κ2) is 11.9. The van der Waals surface area contributed by atoms with Crippen molar-refractivity contribution in [3.8, 4) is 0 Å². The molecule has 0 saturated carbocycles. The van der Waals surface area contributed by atoms with Gasteiger partial charge in [0.25, 0.3) is 11.8 Å². The van der Waals surface area contributed by atoms with Crippen LogP contribution in [0.2, 0.25) is 0 Å². The number of hydrogen-bond donors (Lipinski definition) is 1. The van der Waals surface area contributed by atoms with Gasteiger partial charge in [-0.05, 0) is 57.6 Å². The molecule has 2 aromatic carbocycles. The van der Waals surface area contributed by atoms with E-state index in [4.69, 9.17) is 9.47 Å². The molecule has 1 aromatic heterocycles. The molecule has 2 aliphatic heterocycles. The zero-order valence-electron chi connectivity index (χ0n) is 24.8. The van der Waals surface area contributed by atoms with Crippen molar-refractivity contribution < 1.29 is 23.9 Å². The number of carbonyl (C=O) groups is 3. The van der Waals surface area contributed by atoms with Crippen LogP contribution in [0.4, 0.5) is 16.3 Å². The van der Waals surface area contributed by atoms with Gasteiger partial charge >= 0.3 is 6.09 Å². The highest BCUT2D eigenvalue weighted by Crippen LogP contribution is 2.33. The number of carbonyl (C=O) groups excluding carboxylic acids is 3. The molecule has 0 spiro atoms. The number of fused-ring (bicyclic) bond motifs is 1. The van der Waals surface area contributed by atoms with Crippen molar-refractivity contribution in [3.05, 3.63) is 77.0 Å². The lowest BCUT2D eigenvalue weighted by atomic mass is 10.1. The van der Waals surface area contributed by atoms with Gasteiger partial charge in [0.05, 0.1) is 18.8 Å². The number of hydrogen-bond acceptors (Lipinski definition) is 8. The minimum Gasteiger partial charge on any atom is -0.442 e. The van der Waals surface area contributed by atoms with E-state index in [9.17, 15) is 14.4 Å². The summed E-state index contributed by atoms with van der Waals surface area (Å²) in [6, 6.07) is 16.7. The Hall–Kier alpha value is -4.22. The lowest BCUT2D eigenvalue weighted by Gasteiger charge is -2.34. The molecule has 11 heteroatoms. The van der Waals surface area contributed by atoms with Gasteiger partial charge in [-0.25, -0.2) is 4.79 Å². The molecule has 2 aliphatic rings. The van der Waals surface area contributed by atoms with Gasteiger partial charge in [0.1, 0.15) is 5.60 Å². The van der Waals surface area contributed by atoms with Gasteiger partial charge < -0.3 is 29.5 Å². The molecule has 42 heavy (non-hydrogen) atoms. The summed E-state index contributed by atoms with van der Waals surface area (Å²) >= 11 is 0. The molecule has 3 aromatic rings. The molecule has 5 rings (SSSR count). The zero-order valence-corrected chi connectivity index (χ0v) is 24.8. The van der Waals surface area contributed by atoms with Crippen molar-refractivity contribution in [1.29, 1.82) is 0 Å². The first kappa shape index (κ1) is 29.3. The molecule has 2 amide bonds.